The van der Waals surface area contributed by atoms with E-state index in [1.807, 2.05) is 4.90 Å². The molecule has 1 amide bonds. The quantitative estimate of drug-likeness (QED) is 0.644. The van der Waals surface area contributed by atoms with Gasteiger partial charge >= 0.3 is 0 Å². The summed E-state index contributed by atoms with van der Waals surface area (Å²) in [4.78, 5) is 14.3. The zero-order valence-corrected chi connectivity index (χ0v) is 18.1. The van der Waals surface area contributed by atoms with Gasteiger partial charge in [0, 0.05) is 30.7 Å². The largest absolute Gasteiger partial charge is 0.355 e. The Morgan fingerprint density at radius 3 is 2.33 bits per heavy atom. The summed E-state index contributed by atoms with van der Waals surface area (Å²) in [5, 5.41) is 3.36. The van der Waals surface area contributed by atoms with Crippen LogP contribution in [-0.2, 0) is 21.2 Å². The van der Waals surface area contributed by atoms with Crippen molar-refractivity contribution in [3.05, 3.63) is 64.9 Å². The highest BCUT2D eigenvalue weighted by atomic mass is 35.5. The maximum Gasteiger partial charge on any atom is 0.240 e. The Kier molecular flexibility index (Phi) is 7.82. The molecule has 1 saturated heterocycles. The van der Waals surface area contributed by atoms with Crippen molar-refractivity contribution < 1.29 is 17.6 Å². The molecule has 162 valence electrons. The zero-order valence-electron chi connectivity index (χ0n) is 16.5. The third kappa shape index (κ3) is 6.77. The van der Waals surface area contributed by atoms with Crippen LogP contribution in [0.25, 0.3) is 0 Å². The minimum Gasteiger partial charge on any atom is -0.355 e. The number of rotatable bonds is 8. The van der Waals surface area contributed by atoms with Gasteiger partial charge in [0.05, 0.1) is 11.4 Å². The highest BCUT2D eigenvalue weighted by Crippen LogP contribution is 2.17. The van der Waals surface area contributed by atoms with Gasteiger partial charge in [-0.2, -0.15) is 0 Å². The van der Waals surface area contributed by atoms with Crippen molar-refractivity contribution >= 4 is 27.5 Å². The lowest BCUT2D eigenvalue weighted by Gasteiger charge is -2.31. The van der Waals surface area contributed by atoms with E-state index in [0.717, 1.165) is 5.56 Å². The number of halogens is 2. The Balaban J connectivity index is 1.38. The van der Waals surface area contributed by atoms with Crippen molar-refractivity contribution in [2.75, 3.05) is 26.2 Å². The molecule has 0 bridgehead atoms. The van der Waals surface area contributed by atoms with E-state index in [9.17, 15) is 17.6 Å². The Morgan fingerprint density at radius 2 is 1.70 bits per heavy atom. The summed E-state index contributed by atoms with van der Waals surface area (Å²) >= 11 is 5.81. The van der Waals surface area contributed by atoms with Crippen LogP contribution in [0.5, 0.6) is 0 Å². The molecule has 0 aromatic heterocycles. The summed E-state index contributed by atoms with van der Waals surface area (Å²) < 4.78 is 40.6. The Hall–Kier alpha value is -2.00. The molecule has 3 rings (SSSR count). The van der Waals surface area contributed by atoms with Gasteiger partial charge in [0.15, 0.2) is 0 Å². The molecule has 9 heteroatoms. The second kappa shape index (κ2) is 10.3. The van der Waals surface area contributed by atoms with E-state index in [0.29, 0.717) is 43.9 Å². The number of likely N-dealkylation sites (tertiary alicyclic amines) is 1. The van der Waals surface area contributed by atoms with Crippen LogP contribution in [0, 0.1) is 5.82 Å². The van der Waals surface area contributed by atoms with E-state index in [2.05, 4.69) is 10.0 Å². The molecule has 1 aliphatic heterocycles. The van der Waals surface area contributed by atoms with Crippen LogP contribution in [0.1, 0.15) is 18.4 Å². The molecule has 1 heterocycles. The van der Waals surface area contributed by atoms with Crippen LogP contribution in [0.4, 0.5) is 4.39 Å². The van der Waals surface area contributed by atoms with Crippen molar-refractivity contribution in [2.24, 2.45) is 0 Å². The summed E-state index contributed by atoms with van der Waals surface area (Å²) in [6.45, 7) is 2.04. The molecule has 0 atom stereocenters. The maximum absolute atomic E-state index is 12.9. The number of nitrogens with zero attached hydrogens (tertiary/aromatic N) is 1. The molecule has 0 unspecified atom stereocenters. The molecule has 0 radical (unpaired) electrons. The Labute approximate surface area is 181 Å². The normalized spacial score (nSPS) is 15.8. The maximum atomic E-state index is 12.9. The predicted molar refractivity (Wildman–Crippen MR) is 114 cm³/mol. The van der Waals surface area contributed by atoms with Gasteiger partial charge in [0.1, 0.15) is 5.82 Å². The fourth-order valence-electron chi connectivity index (χ4n) is 3.37. The molecule has 0 spiro atoms. The molecule has 0 aliphatic carbocycles. The van der Waals surface area contributed by atoms with Crippen LogP contribution in [0.15, 0.2) is 53.4 Å². The molecule has 30 heavy (non-hydrogen) atoms. The monoisotopic (exact) mass is 453 g/mol. The number of sulfonamides is 1. The highest BCUT2D eigenvalue weighted by molar-refractivity contribution is 7.89. The van der Waals surface area contributed by atoms with E-state index >= 15 is 0 Å². The number of hydrogen-bond acceptors (Lipinski definition) is 4. The number of carbonyl (C=O) groups is 1. The lowest BCUT2D eigenvalue weighted by Crippen LogP contribution is -2.47. The van der Waals surface area contributed by atoms with Crippen molar-refractivity contribution in [3.63, 3.8) is 0 Å². The summed E-state index contributed by atoms with van der Waals surface area (Å²) in [5.74, 6) is -0.348. The topological polar surface area (TPSA) is 78.5 Å². The van der Waals surface area contributed by atoms with Gasteiger partial charge < -0.3 is 5.32 Å². The molecular formula is C21H25ClFN3O3S. The van der Waals surface area contributed by atoms with Crippen LogP contribution < -0.4 is 10.0 Å². The lowest BCUT2D eigenvalue weighted by atomic mass is 10.1. The molecule has 2 N–H and O–H groups in total. The predicted octanol–water partition coefficient (Wildman–Crippen LogP) is 2.58. The van der Waals surface area contributed by atoms with Crippen molar-refractivity contribution in [3.8, 4) is 0 Å². The second-order valence-corrected chi connectivity index (χ2v) is 9.50. The van der Waals surface area contributed by atoms with Gasteiger partial charge in [-0.1, -0.05) is 23.7 Å². The van der Waals surface area contributed by atoms with Crippen molar-refractivity contribution in [1.29, 1.82) is 0 Å². The van der Waals surface area contributed by atoms with E-state index in [4.69, 9.17) is 11.6 Å². The number of nitrogens with one attached hydrogen (secondary N) is 2. The summed E-state index contributed by atoms with van der Waals surface area (Å²) in [5.41, 5.74) is 0.963. The third-order valence-electron chi connectivity index (χ3n) is 5.05. The molecule has 2 aromatic rings. The van der Waals surface area contributed by atoms with E-state index in [1.165, 1.54) is 24.3 Å². The van der Waals surface area contributed by atoms with Gasteiger partial charge in [-0.25, -0.2) is 17.5 Å². The van der Waals surface area contributed by atoms with Gasteiger partial charge in [0.25, 0.3) is 0 Å². The molecule has 0 saturated carbocycles. The van der Waals surface area contributed by atoms with E-state index in [-0.39, 0.29) is 29.2 Å². The number of hydrogen-bond donors (Lipinski definition) is 2. The van der Waals surface area contributed by atoms with E-state index < -0.39 is 10.0 Å². The van der Waals surface area contributed by atoms with Gasteiger partial charge in [0.2, 0.25) is 15.9 Å². The minimum atomic E-state index is -3.59. The molecule has 1 aliphatic rings. The van der Waals surface area contributed by atoms with E-state index in [1.54, 1.807) is 24.3 Å². The average Bonchev–Trinajstić information content (AvgIpc) is 2.71. The number of carbonyl (C=O) groups excluding carboxylic acids is 1. The average molecular weight is 454 g/mol. The van der Waals surface area contributed by atoms with Crippen molar-refractivity contribution in [1.82, 2.24) is 14.9 Å². The summed E-state index contributed by atoms with van der Waals surface area (Å²) in [6.07, 6.45) is 1.91. The van der Waals surface area contributed by atoms with Crippen molar-refractivity contribution in [2.45, 2.75) is 30.2 Å². The first kappa shape index (κ1) is 22.7. The Bertz CT molecular complexity index is 944. The van der Waals surface area contributed by atoms with Gasteiger partial charge in [-0.3, -0.25) is 9.69 Å². The molecule has 1 fully saturated rings. The van der Waals surface area contributed by atoms with Crippen LogP contribution in [0.3, 0.4) is 0 Å². The van der Waals surface area contributed by atoms with Crippen LogP contribution >= 0.6 is 11.6 Å². The molecular weight excluding hydrogens is 429 g/mol. The zero-order chi connectivity index (χ0) is 21.6. The first-order valence-electron chi connectivity index (χ1n) is 9.83. The van der Waals surface area contributed by atoms with Crippen LogP contribution in [0.2, 0.25) is 5.02 Å². The second-order valence-electron chi connectivity index (χ2n) is 7.35. The highest BCUT2D eigenvalue weighted by Gasteiger charge is 2.25. The van der Waals surface area contributed by atoms with Crippen LogP contribution in [-0.4, -0.2) is 51.4 Å². The standard InChI is InChI=1S/C21H25ClFN3O3S/c22-17-3-7-20(8-4-17)30(28,29)25-19-10-13-26(14-11-19)15-21(27)24-12-9-16-1-5-18(23)6-2-16/h1-8,19,25H,9-15H2,(H,24,27). The smallest absolute Gasteiger partial charge is 0.240 e. The molecule has 2 aromatic carbocycles. The lowest BCUT2D eigenvalue weighted by molar-refractivity contribution is -0.122. The minimum absolute atomic E-state index is 0.0719. The fourth-order valence-corrected chi connectivity index (χ4v) is 4.80. The SMILES string of the molecule is O=C(CN1CCC(NS(=O)(=O)c2ccc(Cl)cc2)CC1)NCCc1ccc(F)cc1. The number of amides is 1. The first-order valence-corrected chi connectivity index (χ1v) is 11.7. The Morgan fingerprint density at radius 1 is 1.07 bits per heavy atom. The molecule has 6 nitrogen and oxygen atoms in total. The number of piperidine rings is 1. The summed E-state index contributed by atoms with van der Waals surface area (Å²) in [7, 11) is -3.59. The first-order chi connectivity index (χ1) is 14.3. The third-order valence-corrected chi connectivity index (χ3v) is 6.84. The fraction of sp³-hybridized carbons (Fsp3) is 0.381. The van der Waals surface area contributed by atoms with Gasteiger partial charge in [-0.15, -0.1) is 0 Å². The van der Waals surface area contributed by atoms with Gasteiger partial charge in [-0.05, 0) is 61.2 Å². The number of benzene rings is 2. The summed E-state index contributed by atoms with van der Waals surface area (Å²) in [6, 6.07) is 12.1.